The monoisotopic (exact) mass is 382 g/mol. The van der Waals surface area contributed by atoms with Crippen LogP contribution in [0.4, 0.5) is 5.69 Å². The first-order valence-corrected chi connectivity index (χ1v) is 10.2. The molecule has 0 unspecified atom stereocenters. The Labute approximate surface area is 165 Å². The Hall–Kier alpha value is -2.27. The largest absolute Gasteiger partial charge is 0.339 e. The van der Waals surface area contributed by atoms with Crippen LogP contribution in [0.3, 0.4) is 0 Å². The van der Waals surface area contributed by atoms with E-state index in [1.165, 1.54) is 12.5 Å². The third-order valence-corrected chi connectivity index (χ3v) is 5.94. The number of hydrogen-bond donors (Lipinski definition) is 1. The average Bonchev–Trinajstić information content (AvgIpc) is 2.64. The molecule has 1 heterocycles. The Balaban J connectivity index is 1.83. The molecule has 3 rings (SSSR count). The number of hydrogen-bond acceptors (Lipinski definition) is 3. The van der Waals surface area contributed by atoms with Crippen molar-refractivity contribution in [3.8, 4) is 0 Å². The maximum atomic E-state index is 12.9. The maximum absolute atomic E-state index is 12.9. The fourth-order valence-corrected chi connectivity index (χ4v) is 4.05. The molecule has 0 bridgehead atoms. The van der Waals surface area contributed by atoms with Crippen LogP contribution in [0.15, 0.2) is 52.3 Å². The van der Waals surface area contributed by atoms with E-state index in [1.807, 2.05) is 17.0 Å². The zero-order valence-electron chi connectivity index (χ0n) is 16.1. The van der Waals surface area contributed by atoms with Crippen molar-refractivity contribution in [3.63, 3.8) is 0 Å². The van der Waals surface area contributed by atoms with Crippen LogP contribution in [0.5, 0.6) is 0 Å². The Morgan fingerprint density at radius 1 is 1.07 bits per heavy atom. The van der Waals surface area contributed by atoms with Crippen LogP contribution in [-0.2, 0) is 4.79 Å². The summed E-state index contributed by atoms with van der Waals surface area (Å²) >= 11 is 1.58. The summed E-state index contributed by atoms with van der Waals surface area (Å²) in [4.78, 5) is 28.5. The molecular weight excluding hydrogens is 356 g/mol. The van der Waals surface area contributed by atoms with Gasteiger partial charge < -0.3 is 10.2 Å². The second-order valence-corrected chi connectivity index (χ2v) is 8.40. The molecule has 1 N–H and O–H groups in total. The molecule has 0 atom stereocenters. The fourth-order valence-electron chi connectivity index (χ4n) is 3.17. The molecule has 1 aliphatic heterocycles. The van der Waals surface area contributed by atoms with Crippen molar-refractivity contribution in [2.24, 2.45) is 5.92 Å². The minimum absolute atomic E-state index is 0.0420. The van der Waals surface area contributed by atoms with Gasteiger partial charge >= 0.3 is 0 Å². The summed E-state index contributed by atoms with van der Waals surface area (Å²) in [5, 5.41) is 2.88. The van der Waals surface area contributed by atoms with Crippen LogP contribution in [0.2, 0.25) is 0 Å². The van der Waals surface area contributed by atoms with E-state index in [4.69, 9.17) is 0 Å². The molecule has 142 valence electrons. The van der Waals surface area contributed by atoms with Crippen molar-refractivity contribution < 1.29 is 9.59 Å². The van der Waals surface area contributed by atoms with Gasteiger partial charge in [-0.1, -0.05) is 36.4 Å². The van der Waals surface area contributed by atoms with E-state index < -0.39 is 0 Å². The molecule has 1 aliphatic rings. The number of nitrogens with zero attached hydrogens (tertiary/aromatic N) is 1. The number of anilines is 1. The van der Waals surface area contributed by atoms with Crippen LogP contribution in [-0.4, -0.2) is 29.8 Å². The molecule has 0 aromatic heterocycles. The van der Waals surface area contributed by atoms with Gasteiger partial charge in [-0.25, -0.2) is 0 Å². The number of carbonyl (C=O) groups excluding carboxylic acids is 2. The van der Waals surface area contributed by atoms with Gasteiger partial charge in [-0.05, 0) is 56.0 Å². The van der Waals surface area contributed by atoms with Crippen molar-refractivity contribution in [3.05, 3.63) is 53.6 Å². The quantitative estimate of drug-likeness (QED) is 0.811. The van der Waals surface area contributed by atoms with Crippen molar-refractivity contribution in [1.82, 2.24) is 4.90 Å². The molecule has 0 radical (unpaired) electrons. The van der Waals surface area contributed by atoms with E-state index in [2.05, 4.69) is 43.4 Å². The highest BCUT2D eigenvalue weighted by molar-refractivity contribution is 7.99. The lowest BCUT2D eigenvalue weighted by Gasteiger charge is -2.30. The van der Waals surface area contributed by atoms with E-state index in [9.17, 15) is 9.59 Å². The van der Waals surface area contributed by atoms with E-state index >= 15 is 0 Å². The zero-order chi connectivity index (χ0) is 19.4. The van der Waals surface area contributed by atoms with Crippen LogP contribution in [0.1, 0.15) is 42.6 Å². The van der Waals surface area contributed by atoms with Crippen molar-refractivity contribution in [2.75, 3.05) is 18.4 Å². The molecule has 4 nitrogen and oxygen atoms in total. The van der Waals surface area contributed by atoms with Crippen molar-refractivity contribution in [2.45, 2.75) is 43.4 Å². The number of aryl methyl sites for hydroxylation is 1. The van der Waals surface area contributed by atoms with Gasteiger partial charge in [-0.15, -0.1) is 0 Å². The normalized spacial score (nSPS) is 14.9. The minimum atomic E-state index is -0.142. The van der Waals surface area contributed by atoms with Crippen LogP contribution >= 0.6 is 11.8 Å². The second kappa shape index (κ2) is 8.61. The molecule has 0 spiro atoms. The molecule has 2 amide bonds. The lowest BCUT2D eigenvalue weighted by molar-refractivity contribution is -0.114. The number of amides is 2. The topological polar surface area (TPSA) is 49.4 Å². The Morgan fingerprint density at radius 2 is 1.74 bits per heavy atom. The molecule has 5 heteroatoms. The maximum Gasteiger partial charge on any atom is 0.253 e. The summed E-state index contributed by atoms with van der Waals surface area (Å²) in [7, 11) is 0. The molecule has 27 heavy (non-hydrogen) atoms. The van der Waals surface area contributed by atoms with Gasteiger partial charge in [-0.2, -0.15) is 0 Å². The number of likely N-dealkylation sites (tertiary alicyclic amines) is 1. The summed E-state index contributed by atoms with van der Waals surface area (Å²) < 4.78 is 0. The number of nitrogens with one attached hydrogen (secondary N) is 1. The summed E-state index contributed by atoms with van der Waals surface area (Å²) in [5.41, 5.74) is 2.52. The molecule has 1 saturated heterocycles. The summed E-state index contributed by atoms with van der Waals surface area (Å²) in [6.07, 6.45) is 2.09. The first-order chi connectivity index (χ1) is 12.9. The van der Waals surface area contributed by atoms with E-state index in [0.29, 0.717) is 17.2 Å². The smallest absolute Gasteiger partial charge is 0.253 e. The molecule has 0 aliphatic carbocycles. The van der Waals surface area contributed by atoms with Gasteiger partial charge in [0.1, 0.15) is 0 Å². The highest BCUT2D eigenvalue weighted by Gasteiger charge is 2.22. The number of carbonyl (C=O) groups is 2. The third kappa shape index (κ3) is 5.13. The van der Waals surface area contributed by atoms with Gasteiger partial charge in [0.2, 0.25) is 5.91 Å². The minimum Gasteiger partial charge on any atom is -0.339 e. The molecule has 2 aromatic rings. The molecule has 2 aromatic carbocycles. The molecular formula is C22H26N2O2S. The summed E-state index contributed by atoms with van der Waals surface area (Å²) in [5.74, 6) is 0.579. The van der Waals surface area contributed by atoms with E-state index in [1.54, 1.807) is 17.8 Å². The van der Waals surface area contributed by atoms with Gasteiger partial charge in [0.15, 0.2) is 0 Å². The number of benzene rings is 2. The fraction of sp³-hybridized carbons (Fsp3) is 0.364. The third-order valence-electron chi connectivity index (χ3n) is 4.86. The summed E-state index contributed by atoms with van der Waals surface area (Å²) in [6.45, 7) is 7.37. The Morgan fingerprint density at radius 3 is 2.37 bits per heavy atom. The van der Waals surface area contributed by atoms with E-state index in [0.717, 1.165) is 35.7 Å². The van der Waals surface area contributed by atoms with Crippen LogP contribution in [0.25, 0.3) is 0 Å². The van der Waals surface area contributed by atoms with Crippen LogP contribution < -0.4 is 5.32 Å². The average molecular weight is 383 g/mol. The Kier molecular flexibility index (Phi) is 6.22. The highest BCUT2D eigenvalue weighted by atomic mass is 32.2. The SMILES string of the molecule is CC(=O)Nc1cc(C(=O)N2CCC(C)CC2)ccc1Sc1ccc(C)cc1. The number of piperidine rings is 1. The van der Waals surface area contributed by atoms with Crippen LogP contribution in [0, 0.1) is 12.8 Å². The number of rotatable bonds is 4. The summed E-state index contributed by atoms with van der Waals surface area (Å²) in [6, 6.07) is 13.8. The van der Waals surface area contributed by atoms with Gasteiger partial charge in [0, 0.05) is 35.4 Å². The van der Waals surface area contributed by atoms with E-state index in [-0.39, 0.29) is 11.8 Å². The second-order valence-electron chi connectivity index (χ2n) is 7.28. The van der Waals surface area contributed by atoms with Gasteiger partial charge in [0.25, 0.3) is 5.91 Å². The first kappa shape index (κ1) is 19.5. The lowest BCUT2D eigenvalue weighted by Crippen LogP contribution is -2.37. The predicted octanol–water partition coefficient (Wildman–Crippen LogP) is 4.98. The zero-order valence-corrected chi connectivity index (χ0v) is 16.9. The molecule has 1 fully saturated rings. The predicted molar refractivity (Wildman–Crippen MR) is 110 cm³/mol. The van der Waals surface area contributed by atoms with Crippen molar-refractivity contribution in [1.29, 1.82) is 0 Å². The molecule has 0 saturated carbocycles. The van der Waals surface area contributed by atoms with Crippen molar-refractivity contribution >= 4 is 29.3 Å². The van der Waals surface area contributed by atoms with Gasteiger partial charge in [-0.3, -0.25) is 9.59 Å². The van der Waals surface area contributed by atoms with Gasteiger partial charge in [0.05, 0.1) is 5.69 Å². The first-order valence-electron chi connectivity index (χ1n) is 9.38. The Bertz CT molecular complexity index is 825. The standard InChI is InChI=1S/C22H26N2O2S/c1-15-4-7-19(8-5-15)27-21-9-6-18(14-20(21)23-17(3)25)22(26)24-12-10-16(2)11-13-24/h4-9,14,16H,10-13H2,1-3H3,(H,23,25). The highest BCUT2D eigenvalue weighted by Crippen LogP contribution is 2.34. The lowest BCUT2D eigenvalue weighted by atomic mass is 9.98.